The summed E-state index contributed by atoms with van der Waals surface area (Å²) in [5, 5.41) is 11.3. The first-order valence-corrected chi connectivity index (χ1v) is 7.80. The van der Waals surface area contributed by atoms with Crippen LogP contribution in [0, 0.1) is 0 Å². The SMILES string of the molecule is CCNC(=NCc1ccon1)NCCc1nc(C(F)(F)F)cs1.I. The van der Waals surface area contributed by atoms with E-state index >= 15 is 0 Å². The summed E-state index contributed by atoms with van der Waals surface area (Å²) in [6.07, 6.45) is -2.54. The molecule has 0 atom stereocenters. The van der Waals surface area contributed by atoms with E-state index in [-0.39, 0.29) is 24.0 Å². The molecule has 0 amide bonds. The van der Waals surface area contributed by atoms with Gasteiger partial charge in [-0.15, -0.1) is 35.3 Å². The van der Waals surface area contributed by atoms with Crippen molar-refractivity contribution in [2.75, 3.05) is 13.1 Å². The van der Waals surface area contributed by atoms with Crippen LogP contribution >= 0.6 is 35.3 Å². The number of rotatable bonds is 6. The molecular formula is C13H17F3IN5OS. The fourth-order valence-electron chi connectivity index (χ4n) is 1.66. The minimum Gasteiger partial charge on any atom is -0.364 e. The highest BCUT2D eigenvalue weighted by Crippen LogP contribution is 2.29. The Morgan fingerprint density at radius 1 is 1.38 bits per heavy atom. The summed E-state index contributed by atoms with van der Waals surface area (Å²) in [7, 11) is 0. The predicted molar refractivity (Wildman–Crippen MR) is 95.6 cm³/mol. The van der Waals surface area contributed by atoms with Crippen LogP contribution in [0.1, 0.15) is 23.3 Å². The molecule has 2 aromatic heterocycles. The number of nitrogens with zero attached hydrogens (tertiary/aromatic N) is 3. The fraction of sp³-hybridized carbons (Fsp3) is 0.462. The number of alkyl halides is 3. The normalized spacial score (nSPS) is 11.9. The van der Waals surface area contributed by atoms with Crippen LogP contribution < -0.4 is 10.6 Å². The largest absolute Gasteiger partial charge is 0.434 e. The highest BCUT2D eigenvalue weighted by molar-refractivity contribution is 14.0. The number of nitrogens with one attached hydrogen (secondary N) is 2. The summed E-state index contributed by atoms with van der Waals surface area (Å²) in [5.74, 6) is 0.558. The van der Waals surface area contributed by atoms with Gasteiger partial charge in [-0.05, 0) is 6.92 Å². The molecule has 0 aliphatic heterocycles. The van der Waals surface area contributed by atoms with E-state index in [1.807, 2.05) is 6.92 Å². The standard InChI is InChI=1S/C13H16F3N5OS.HI/c1-2-17-12(19-7-9-4-6-22-21-9)18-5-3-11-20-10(8-23-11)13(14,15)16;/h4,6,8H,2-3,5,7H2,1H3,(H2,17,18,19);1H. The van der Waals surface area contributed by atoms with Crippen molar-refractivity contribution in [2.24, 2.45) is 4.99 Å². The molecule has 0 saturated heterocycles. The minimum absolute atomic E-state index is 0. The summed E-state index contributed by atoms with van der Waals surface area (Å²) in [6, 6.07) is 1.71. The molecule has 2 heterocycles. The van der Waals surface area contributed by atoms with Gasteiger partial charge in [-0.2, -0.15) is 13.2 Å². The minimum atomic E-state index is -4.39. The molecule has 6 nitrogen and oxygen atoms in total. The lowest BCUT2D eigenvalue weighted by Gasteiger charge is -2.10. The van der Waals surface area contributed by atoms with E-state index in [0.29, 0.717) is 42.7 Å². The molecule has 0 aliphatic carbocycles. The van der Waals surface area contributed by atoms with Gasteiger partial charge < -0.3 is 15.2 Å². The third-order valence-electron chi connectivity index (χ3n) is 2.71. The molecule has 0 unspecified atom stereocenters. The Bertz CT molecular complexity index is 630. The second-order valence-electron chi connectivity index (χ2n) is 4.49. The summed E-state index contributed by atoms with van der Waals surface area (Å²) in [5.41, 5.74) is -0.152. The van der Waals surface area contributed by atoms with Crippen LogP contribution in [-0.2, 0) is 19.1 Å². The first-order valence-electron chi connectivity index (χ1n) is 6.92. The predicted octanol–water partition coefficient (Wildman–Crippen LogP) is 3.07. The molecule has 0 aliphatic rings. The van der Waals surface area contributed by atoms with Crippen molar-refractivity contribution in [2.45, 2.75) is 26.1 Å². The number of hydrogen-bond acceptors (Lipinski definition) is 5. The van der Waals surface area contributed by atoms with Gasteiger partial charge in [0.05, 0.1) is 11.6 Å². The topological polar surface area (TPSA) is 75.3 Å². The van der Waals surface area contributed by atoms with Crippen molar-refractivity contribution in [3.05, 3.63) is 34.1 Å². The lowest BCUT2D eigenvalue weighted by atomic mass is 10.4. The van der Waals surface area contributed by atoms with Crippen molar-refractivity contribution in [1.29, 1.82) is 0 Å². The Morgan fingerprint density at radius 2 is 2.17 bits per heavy atom. The van der Waals surface area contributed by atoms with Crippen LogP contribution in [0.3, 0.4) is 0 Å². The van der Waals surface area contributed by atoms with Crippen LogP contribution in [0.5, 0.6) is 0 Å². The van der Waals surface area contributed by atoms with Gasteiger partial charge in [-0.1, -0.05) is 5.16 Å². The van der Waals surface area contributed by atoms with E-state index in [2.05, 4.69) is 25.8 Å². The highest BCUT2D eigenvalue weighted by Gasteiger charge is 2.33. The van der Waals surface area contributed by atoms with Gasteiger partial charge in [0.2, 0.25) is 0 Å². The van der Waals surface area contributed by atoms with Crippen molar-refractivity contribution in [3.63, 3.8) is 0 Å². The second kappa shape index (κ2) is 9.81. The Hall–Kier alpha value is -1.37. The van der Waals surface area contributed by atoms with Gasteiger partial charge >= 0.3 is 6.18 Å². The molecule has 0 bridgehead atoms. The highest BCUT2D eigenvalue weighted by atomic mass is 127. The van der Waals surface area contributed by atoms with E-state index in [1.165, 1.54) is 6.26 Å². The van der Waals surface area contributed by atoms with Crippen LogP contribution in [0.4, 0.5) is 13.2 Å². The molecule has 0 aromatic carbocycles. The van der Waals surface area contributed by atoms with Crippen molar-refractivity contribution < 1.29 is 17.7 Å². The third kappa shape index (κ3) is 6.63. The maximum absolute atomic E-state index is 12.5. The summed E-state index contributed by atoms with van der Waals surface area (Å²) in [4.78, 5) is 7.89. The van der Waals surface area contributed by atoms with Crippen molar-refractivity contribution >= 4 is 41.3 Å². The van der Waals surface area contributed by atoms with E-state index in [1.54, 1.807) is 6.07 Å². The summed E-state index contributed by atoms with van der Waals surface area (Å²) >= 11 is 0.999. The zero-order valence-electron chi connectivity index (χ0n) is 12.8. The average molecular weight is 475 g/mol. The average Bonchev–Trinajstić information content (AvgIpc) is 3.15. The second-order valence-corrected chi connectivity index (χ2v) is 5.43. The lowest BCUT2D eigenvalue weighted by Crippen LogP contribution is -2.38. The summed E-state index contributed by atoms with van der Waals surface area (Å²) in [6.45, 7) is 3.36. The fourth-order valence-corrected chi connectivity index (χ4v) is 2.47. The quantitative estimate of drug-likeness (QED) is 0.382. The number of halogens is 4. The Kier molecular flexibility index (Phi) is 8.45. The zero-order valence-corrected chi connectivity index (χ0v) is 15.9. The van der Waals surface area contributed by atoms with Gasteiger partial charge in [-0.3, -0.25) is 0 Å². The molecule has 2 N–H and O–H groups in total. The molecule has 2 aromatic rings. The van der Waals surface area contributed by atoms with Gasteiger partial charge in [0.1, 0.15) is 12.0 Å². The van der Waals surface area contributed by atoms with Crippen LogP contribution in [0.15, 0.2) is 27.2 Å². The monoisotopic (exact) mass is 475 g/mol. The molecule has 11 heteroatoms. The van der Waals surface area contributed by atoms with E-state index in [9.17, 15) is 13.2 Å². The molecule has 0 spiro atoms. The molecule has 24 heavy (non-hydrogen) atoms. The van der Waals surface area contributed by atoms with Gasteiger partial charge in [0.25, 0.3) is 0 Å². The molecular weight excluding hydrogens is 458 g/mol. The van der Waals surface area contributed by atoms with Crippen LogP contribution in [0.25, 0.3) is 0 Å². The van der Waals surface area contributed by atoms with Crippen molar-refractivity contribution in [3.8, 4) is 0 Å². The van der Waals surface area contributed by atoms with Gasteiger partial charge in [-0.25, -0.2) is 9.98 Å². The molecule has 134 valence electrons. The molecule has 0 fully saturated rings. The van der Waals surface area contributed by atoms with Gasteiger partial charge in [0.15, 0.2) is 11.7 Å². The van der Waals surface area contributed by atoms with E-state index in [0.717, 1.165) is 16.7 Å². The molecule has 2 rings (SSSR count). The summed E-state index contributed by atoms with van der Waals surface area (Å²) < 4.78 is 42.1. The number of guanidine groups is 1. The van der Waals surface area contributed by atoms with Crippen LogP contribution in [0.2, 0.25) is 0 Å². The zero-order chi connectivity index (χ0) is 16.7. The Balaban J connectivity index is 0.00000288. The van der Waals surface area contributed by atoms with E-state index in [4.69, 9.17) is 4.52 Å². The first-order chi connectivity index (χ1) is 11.0. The number of aliphatic imine (C=N–C) groups is 1. The Labute approximate surface area is 158 Å². The smallest absolute Gasteiger partial charge is 0.364 e. The number of aromatic nitrogens is 2. The number of thiazole rings is 1. The lowest BCUT2D eigenvalue weighted by molar-refractivity contribution is -0.140. The third-order valence-corrected chi connectivity index (χ3v) is 3.62. The number of hydrogen-bond donors (Lipinski definition) is 2. The van der Waals surface area contributed by atoms with Crippen molar-refractivity contribution in [1.82, 2.24) is 20.8 Å². The van der Waals surface area contributed by atoms with E-state index < -0.39 is 11.9 Å². The maximum Gasteiger partial charge on any atom is 0.434 e. The Morgan fingerprint density at radius 3 is 2.75 bits per heavy atom. The molecule has 0 radical (unpaired) electrons. The van der Waals surface area contributed by atoms with Crippen LogP contribution in [-0.4, -0.2) is 29.2 Å². The maximum atomic E-state index is 12.5. The first kappa shape index (κ1) is 20.7. The molecule has 0 saturated carbocycles. The van der Waals surface area contributed by atoms with Gasteiger partial charge in [0, 0.05) is 31.0 Å².